The van der Waals surface area contributed by atoms with Gasteiger partial charge in [0, 0.05) is 39.9 Å². The van der Waals surface area contributed by atoms with Crippen LogP contribution in [0.15, 0.2) is 146 Å². The van der Waals surface area contributed by atoms with Gasteiger partial charge in [-0.2, -0.15) is 0 Å². The van der Waals surface area contributed by atoms with E-state index in [1.54, 1.807) is 30.3 Å². The minimum absolute atomic E-state index is 0.00706. The molecule has 6 aromatic carbocycles. The second-order valence-electron chi connectivity index (χ2n) is 21.4. The van der Waals surface area contributed by atoms with Crippen LogP contribution in [0, 0.1) is 11.8 Å². The van der Waals surface area contributed by atoms with Gasteiger partial charge >= 0.3 is 5.97 Å². The molecule has 0 bridgehead atoms. The van der Waals surface area contributed by atoms with Gasteiger partial charge in [-0.3, -0.25) is 4.79 Å². The maximum absolute atomic E-state index is 13.2. The van der Waals surface area contributed by atoms with E-state index in [1.165, 1.54) is 33.4 Å². The van der Waals surface area contributed by atoms with Crippen molar-refractivity contribution in [3.8, 4) is 0 Å². The fourth-order valence-electron chi connectivity index (χ4n) is 12.9. The summed E-state index contributed by atoms with van der Waals surface area (Å²) in [6.07, 6.45) is 15.5. The Balaban J connectivity index is 0.000000167. The van der Waals surface area contributed by atoms with Crippen LogP contribution in [-0.4, -0.2) is 38.3 Å². The number of nitrogen functional groups attached to an aromatic ring is 3. The van der Waals surface area contributed by atoms with Crippen LogP contribution in [0.5, 0.6) is 0 Å². The number of Topliss-reactive ketones (excluding diaryl/α,β-unsaturated/α-hetero) is 1. The number of nitrogens with two attached hydrogens (primary N) is 3. The Morgan fingerprint density at radius 3 is 1.35 bits per heavy atom. The summed E-state index contributed by atoms with van der Waals surface area (Å²) in [5, 5.41) is 31.8. The predicted octanol–water partition coefficient (Wildman–Crippen LogP) is 12.4. The van der Waals surface area contributed by atoms with E-state index in [2.05, 4.69) is 92.7 Å². The molecule has 6 atom stereocenters. The first-order valence-electron chi connectivity index (χ1n) is 26.2. The Morgan fingerprint density at radius 1 is 0.521 bits per heavy atom. The van der Waals surface area contributed by atoms with Crippen LogP contribution >= 0.6 is 0 Å². The molecule has 9 N–H and O–H groups in total. The number of aromatic carboxylic acids is 1. The highest BCUT2D eigenvalue weighted by molar-refractivity contribution is 5.98. The summed E-state index contributed by atoms with van der Waals surface area (Å²) >= 11 is 0. The van der Waals surface area contributed by atoms with Gasteiger partial charge in [-0.1, -0.05) is 105 Å². The van der Waals surface area contributed by atoms with E-state index in [4.69, 9.17) is 17.2 Å². The molecule has 10 rings (SSSR count). The van der Waals surface area contributed by atoms with Gasteiger partial charge in [-0.05, 0) is 208 Å². The van der Waals surface area contributed by atoms with Crippen LogP contribution in [0.4, 0.5) is 17.1 Å². The molecular weight excluding hydrogens is 879 g/mol. The van der Waals surface area contributed by atoms with Gasteiger partial charge in [-0.15, -0.1) is 0 Å². The molecule has 8 heteroatoms. The summed E-state index contributed by atoms with van der Waals surface area (Å²) in [6, 6.07) is 48.3. The predicted molar refractivity (Wildman–Crippen MR) is 289 cm³/mol. The monoisotopic (exact) mass is 954 g/mol. The minimum atomic E-state index is -0.857. The van der Waals surface area contributed by atoms with E-state index in [-0.39, 0.29) is 16.6 Å². The number of rotatable bonds is 10. The molecule has 0 saturated heterocycles. The van der Waals surface area contributed by atoms with Crippen molar-refractivity contribution in [3.05, 3.63) is 196 Å². The van der Waals surface area contributed by atoms with Gasteiger partial charge in [0.15, 0.2) is 5.78 Å². The van der Waals surface area contributed by atoms with Crippen molar-refractivity contribution in [2.45, 2.75) is 145 Å². The van der Waals surface area contributed by atoms with E-state index < -0.39 is 17.2 Å². The average molecular weight is 954 g/mol. The number of hydrogen-bond acceptors (Lipinski definition) is 7. The second-order valence-corrected chi connectivity index (χ2v) is 21.4. The molecule has 6 aromatic rings. The molecule has 0 heterocycles. The smallest absolute Gasteiger partial charge is 0.335 e. The molecule has 4 aliphatic rings. The number of ketones is 1. The second kappa shape index (κ2) is 22.0. The van der Waals surface area contributed by atoms with Gasteiger partial charge < -0.3 is 32.5 Å². The Labute approximate surface area is 421 Å². The lowest BCUT2D eigenvalue weighted by atomic mass is 9.55. The third kappa shape index (κ3) is 11.8. The number of aryl methyl sites for hydroxylation is 2. The Bertz CT molecular complexity index is 2720. The van der Waals surface area contributed by atoms with Crippen molar-refractivity contribution in [1.29, 1.82) is 0 Å². The molecule has 0 radical (unpaired) electrons. The minimum Gasteiger partial charge on any atom is -0.478 e. The van der Waals surface area contributed by atoms with Crippen LogP contribution in [0.1, 0.15) is 151 Å². The van der Waals surface area contributed by atoms with E-state index in [0.29, 0.717) is 29.5 Å². The van der Waals surface area contributed by atoms with Gasteiger partial charge in [-0.25, -0.2) is 4.79 Å². The van der Waals surface area contributed by atoms with E-state index in [9.17, 15) is 24.9 Å². The Kier molecular flexibility index (Phi) is 15.9. The zero-order valence-corrected chi connectivity index (χ0v) is 41.9. The Hall–Kier alpha value is -6.22. The molecule has 372 valence electrons. The van der Waals surface area contributed by atoms with Crippen LogP contribution in [-0.2, 0) is 42.9 Å². The maximum atomic E-state index is 13.2. The summed E-state index contributed by atoms with van der Waals surface area (Å²) in [7, 11) is 0. The quantitative estimate of drug-likeness (QED) is 0.0581. The highest BCUT2D eigenvalue weighted by Crippen LogP contribution is 2.56. The number of carbonyl (C=O) groups is 2. The third-order valence-corrected chi connectivity index (χ3v) is 17.1. The SMILES string of the molecule is CC[C@@]1(O)CC[C@@]2(Cc3ccccc3)c3ccc(C(=O)Cc4ccc(N)cc4)cc3CCC[C@H]2C1.CC[C@@]1(O)CC[C@@]2(Cc3ccccc3)c3ccc(C(=O)O)cc3CCC[C@H]2C1.Nc1ccc(N)cc1. The number of carboxylic acid groups (broad SMARTS) is 1. The third-order valence-electron chi connectivity index (χ3n) is 17.1. The van der Waals surface area contributed by atoms with Crippen molar-refractivity contribution in [2.75, 3.05) is 17.2 Å². The lowest BCUT2D eigenvalue weighted by molar-refractivity contribution is -0.0500. The van der Waals surface area contributed by atoms with Crippen LogP contribution in [0.2, 0.25) is 0 Å². The summed E-state index contributed by atoms with van der Waals surface area (Å²) in [4.78, 5) is 24.7. The standard InChI is InChI=1S/C32H37NO2.C25H30O3.C6H8N2/c1-2-31(35)17-18-32(21-24-7-4-3-5-8-24)27(22-31)10-6-9-25-20-26(13-16-29(25)32)30(34)19-23-11-14-28(33)15-12-23;1-2-24(28)13-14-25(16-18-7-4-3-5-8-18)21(17-24)10-6-9-19-15-20(23(26)27)11-12-22(19)25;7-5-1-2-6(8)4-3-5/h3-5,7-8,11-16,20,27,35H,2,6,9-10,17-19,21-22,33H2,1H3;3-5,7-8,11-12,15,21,28H,2,6,9-10,13-14,16-17H2,1H3,(H,26,27);1-4H,7-8H2/t27-,31+,32-;21-,24+,25-;/m00./s1. The number of carbonyl (C=O) groups excluding carboxylic acids is 1. The highest BCUT2D eigenvalue weighted by atomic mass is 16.4. The van der Waals surface area contributed by atoms with Crippen molar-refractivity contribution >= 4 is 28.8 Å². The highest BCUT2D eigenvalue weighted by Gasteiger charge is 2.51. The van der Waals surface area contributed by atoms with E-state index >= 15 is 0 Å². The molecular formula is C63H75N3O5. The zero-order chi connectivity index (χ0) is 50.2. The zero-order valence-electron chi connectivity index (χ0n) is 41.9. The topological polar surface area (TPSA) is 173 Å². The van der Waals surface area contributed by atoms with E-state index in [1.807, 2.05) is 36.4 Å². The van der Waals surface area contributed by atoms with Gasteiger partial charge in [0.1, 0.15) is 0 Å². The lowest BCUT2D eigenvalue weighted by Crippen LogP contribution is -2.48. The summed E-state index contributed by atoms with van der Waals surface area (Å²) in [5.74, 6) is 0.159. The van der Waals surface area contributed by atoms with Crippen molar-refractivity contribution in [2.24, 2.45) is 11.8 Å². The maximum Gasteiger partial charge on any atom is 0.335 e. The molecule has 8 nitrogen and oxygen atoms in total. The van der Waals surface area contributed by atoms with Crippen LogP contribution in [0.25, 0.3) is 0 Å². The number of fused-ring (bicyclic) bond motifs is 6. The normalized spacial score (nSPS) is 25.4. The number of carboxylic acids is 1. The molecule has 2 fully saturated rings. The van der Waals surface area contributed by atoms with Crippen molar-refractivity contribution in [1.82, 2.24) is 0 Å². The molecule has 0 aromatic heterocycles. The fraction of sp³-hybridized carbons (Fsp3) is 0.397. The first-order chi connectivity index (χ1) is 34.1. The van der Waals surface area contributed by atoms with Crippen LogP contribution < -0.4 is 17.2 Å². The summed E-state index contributed by atoms with van der Waals surface area (Å²) < 4.78 is 0. The van der Waals surface area contributed by atoms with Gasteiger partial charge in [0.25, 0.3) is 0 Å². The number of aliphatic hydroxyl groups is 2. The largest absolute Gasteiger partial charge is 0.478 e. The molecule has 71 heavy (non-hydrogen) atoms. The molecule has 2 saturated carbocycles. The van der Waals surface area contributed by atoms with Crippen molar-refractivity contribution < 1.29 is 24.9 Å². The number of hydrogen-bond donors (Lipinski definition) is 6. The molecule has 0 unspecified atom stereocenters. The fourth-order valence-corrected chi connectivity index (χ4v) is 12.9. The Morgan fingerprint density at radius 2 is 0.930 bits per heavy atom. The number of benzene rings is 6. The molecule has 4 aliphatic carbocycles. The van der Waals surface area contributed by atoms with E-state index in [0.717, 1.165) is 125 Å². The summed E-state index contributed by atoms with van der Waals surface area (Å²) in [6.45, 7) is 4.21. The first kappa shape index (κ1) is 51.1. The van der Waals surface area contributed by atoms with Gasteiger partial charge in [0.2, 0.25) is 0 Å². The molecule has 0 aliphatic heterocycles. The van der Waals surface area contributed by atoms with Crippen molar-refractivity contribution in [3.63, 3.8) is 0 Å². The lowest BCUT2D eigenvalue weighted by Gasteiger charge is -2.50. The average Bonchev–Trinajstić information content (AvgIpc) is 3.63. The molecule has 0 amide bonds. The van der Waals surface area contributed by atoms with Gasteiger partial charge in [0.05, 0.1) is 16.8 Å². The number of anilines is 3. The summed E-state index contributed by atoms with van der Waals surface area (Å²) in [5.41, 5.74) is 27.7. The molecule has 0 spiro atoms. The van der Waals surface area contributed by atoms with Crippen LogP contribution in [0.3, 0.4) is 0 Å². The first-order valence-corrected chi connectivity index (χ1v) is 26.2.